The molecule has 0 saturated carbocycles. The third kappa shape index (κ3) is 3.79. The Morgan fingerprint density at radius 1 is 1.08 bits per heavy atom. The molecule has 136 valence electrons. The van der Waals surface area contributed by atoms with E-state index in [1.807, 2.05) is 41.0 Å². The van der Waals surface area contributed by atoms with Crippen molar-refractivity contribution in [2.24, 2.45) is 0 Å². The van der Waals surface area contributed by atoms with Crippen LogP contribution in [0.5, 0.6) is 5.75 Å². The maximum absolute atomic E-state index is 12.7. The van der Waals surface area contributed by atoms with Crippen LogP contribution in [-0.2, 0) is 9.59 Å². The van der Waals surface area contributed by atoms with Crippen molar-refractivity contribution in [3.63, 3.8) is 0 Å². The van der Waals surface area contributed by atoms with Gasteiger partial charge in [-0.25, -0.2) is 0 Å². The van der Waals surface area contributed by atoms with Gasteiger partial charge in [-0.05, 0) is 38.3 Å². The summed E-state index contributed by atoms with van der Waals surface area (Å²) in [6.07, 6.45) is 3.37. The molecule has 0 spiro atoms. The Morgan fingerprint density at radius 3 is 2.48 bits per heavy atom. The smallest absolute Gasteiger partial charge is 0.241 e. The molecule has 2 heterocycles. The Bertz CT molecular complexity index is 628. The molecule has 0 radical (unpaired) electrons. The second-order valence-corrected chi connectivity index (χ2v) is 6.75. The van der Waals surface area contributed by atoms with E-state index in [-0.39, 0.29) is 24.4 Å². The van der Waals surface area contributed by atoms with Gasteiger partial charge in [0.2, 0.25) is 11.8 Å². The number of anilines is 1. The predicted octanol–water partition coefficient (Wildman–Crippen LogP) is 1.74. The lowest BCUT2D eigenvalue weighted by molar-refractivity contribution is -0.138. The van der Waals surface area contributed by atoms with E-state index in [0.29, 0.717) is 18.8 Å². The highest BCUT2D eigenvalue weighted by Crippen LogP contribution is 2.29. The van der Waals surface area contributed by atoms with Crippen molar-refractivity contribution in [3.05, 3.63) is 24.3 Å². The number of methoxy groups -OCH3 is 1. The summed E-state index contributed by atoms with van der Waals surface area (Å²) in [5.74, 6) is 0.856. The van der Waals surface area contributed by atoms with Crippen molar-refractivity contribution in [1.29, 1.82) is 0 Å². The van der Waals surface area contributed by atoms with Gasteiger partial charge < -0.3 is 14.5 Å². The Kier molecular flexibility index (Phi) is 5.58. The van der Waals surface area contributed by atoms with E-state index in [2.05, 4.69) is 0 Å². The van der Waals surface area contributed by atoms with Crippen molar-refractivity contribution >= 4 is 17.5 Å². The van der Waals surface area contributed by atoms with Gasteiger partial charge >= 0.3 is 0 Å². The number of piperidine rings is 1. The average Bonchev–Trinajstić information content (AvgIpc) is 2.67. The summed E-state index contributed by atoms with van der Waals surface area (Å²) in [6.45, 7) is 5.12. The van der Waals surface area contributed by atoms with Crippen LogP contribution in [0.1, 0.15) is 26.2 Å². The SMILES string of the molecule is COc1ccccc1N1CCN([C@@H](C)C(=O)N2CCCCC2)CC1=O. The summed E-state index contributed by atoms with van der Waals surface area (Å²) >= 11 is 0. The molecule has 2 aliphatic rings. The molecule has 1 aromatic carbocycles. The van der Waals surface area contributed by atoms with E-state index < -0.39 is 0 Å². The average molecular weight is 345 g/mol. The molecule has 0 unspecified atom stereocenters. The number of para-hydroxylation sites is 2. The van der Waals surface area contributed by atoms with Crippen LogP contribution in [0, 0.1) is 0 Å². The normalized spacial score (nSPS) is 20.5. The Balaban J connectivity index is 1.65. The highest BCUT2D eigenvalue weighted by molar-refractivity contribution is 5.97. The van der Waals surface area contributed by atoms with Gasteiger partial charge in [0.1, 0.15) is 5.75 Å². The quantitative estimate of drug-likeness (QED) is 0.834. The summed E-state index contributed by atoms with van der Waals surface area (Å²) in [5, 5.41) is 0. The van der Waals surface area contributed by atoms with Crippen LogP contribution in [0.4, 0.5) is 5.69 Å². The van der Waals surface area contributed by atoms with Gasteiger partial charge in [0.15, 0.2) is 0 Å². The first-order chi connectivity index (χ1) is 12.1. The molecule has 25 heavy (non-hydrogen) atoms. The third-order valence-corrected chi connectivity index (χ3v) is 5.20. The maximum atomic E-state index is 12.7. The molecule has 3 rings (SSSR count). The maximum Gasteiger partial charge on any atom is 0.241 e. The second kappa shape index (κ2) is 7.87. The third-order valence-electron chi connectivity index (χ3n) is 5.20. The first kappa shape index (κ1) is 17.7. The summed E-state index contributed by atoms with van der Waals surface area (Å²) in [6, 6.07) is 7.30. The molecule has 0 bridgehead atoms. The number of carbonyl (C=O) groups excluding carboxylic acids is 2. The predicted molar refractivity (Wildman–Crippen MR) is 96.8 cm³/mol. The number of hydrogen-bond acceptors (Lipinski definition) is 4. The van der Waals surface area contributed by atoms with Crippen LogP contribution in [-0.4, -0.2) is 67.5 Å². The molecule has 0 aromatic heterocycles. The molecule has 6 heteroatoms. The zero-order chi connectivity index (χ0) is 17.8. The second-order valence-electron chi connectivity index (χ2n) is 6.75. The van der Waals surface area contributed by atoms with Gasteiger partial charge in [-0.2, -0.15) is 0 Å². The van der Waals surface area contributed by atoms with Crippen molar-refractivity contribution in [2.45, 2.75) is 32.2 Å². The number of ether oxygens (including phenoxy) is 1. The van der Waals surface area contributed by atoms with Crippen molar-refractivity contribution < 1.29 is 14.3 Å². The van der Waals surface area contributed by atoms with E-state index in [4.69, 9.17) is 4.74 Å². The van der Waals surface area contributed by atoms with E-state index in [0.717, 1.165) is 31.6 Å². The van der Waals surface area contributed by atoms with Gasteiger partial charge in [0.25, 0.3) is 0 Å². The zero-order valence-electron chi connectivity index (χ0n) is 15.1. The van der Waals surface area contributed by atoms with Crippen molar-refractivity contribution in [3.8, 4) is 5.75 Å². The standard InChI is InChI=1S/C19H27N3O3/c1-15(19(24)20-10-6-3-7-11-20)21-12-13-22(18(23)14-21)16-8-4-5-9-17(16)25-2/h4-5,8-9,15H,3,6-7,10-14H2,1-2H3/t15-/m0/s1. The fourth-order valence-corrected chi connectivity index (χ4v) is 3.66. The number of carbonyl (C=O) groups is 2. The summed E-state index contributed by atoms with van der Waals surface area (Å²) in [7, 11) is 1.61. The number of hydrogen-bond donors (Lipinski definition) is 0. The number of likely N-dealkylation sites (tertiary alicyclic amines) is 1. The Hall–Kier alpha value is -2.08. The monoisotopic (exact) mass is 345 g/mol. The van der Waals surface area contributed by atoms with Gasteiger partial charge in [-0.3, -0.25) is 14.5 Å². The lowest BCUT2D eigenvalue weighted by Gasteiger charge is -2.39. The minimum Gasteiger partial charge on any atom is -0.495 e. The summed E-state index contributed by atoms with van der Waals surface area (Å²) in [5.41, 5.74) is 0.796. The van der Waals surface area contributed by atoms with Gasteiger partial charge in [0.05, 0.1) is 25.4 Å². The van der Waals surface area contributed by atoms with E-state index >= 15 is 0 Å². The van der Waals surface area contributed by atoms with Crippen molar-refractivity contribution in [2.75, 3.05) is 44.7 Å². The van der Waals surface area contributed by atoms with Gasteiger partial charge in [0, 0.05) is 26.2 Å². The molecule has 2 fully saturated rings. The molecule has 1 atom stereocenters. The van der Waals surface area contributed by atoms with Crippen LogP contribution in [0.25, 0.3) is 0 Å². The topological polar surface area (TPSA) is 53.1 Å². The fourth-order valence-electron chi connectivity index (χ4n) is 3.66. The van der Waals surface area contributed by atoms with E-state index in [1.54, 1.807) is 12.0 Å². The number of amides is 2. The van der Waals surface area contributed by atoms with E-state index in [1.165, 1.54) is 6.42 Å². The number of piperazine rings is 1. The Morgan fingerprint density at radius 2 is 1.80 bits per heavy atom. The molecule has 0 aliphatic carbocycles. The van der Waals surface area contributed by atoms with Gasteiger partial charge in [-0.15, -0.1) is 0 Å². The van der Waals surface area contributed by atoms with Crippen LogP contribution in [0.3, 0.4) is 0 Å². The lowest BCUT2D eigenvalue weighted by atomic mass is 10.1. The fraction of sp³-hybridized carbons (Fsp3) is 0.579. The minimum absolute atomic E-state index is 0.00837. The molecule has 2 amide bonds. The molecule has 6 nitrogen and oxygen atoms in total. The van der Waals surface area contributed by atoms with Gasteiger partial charge in [-0.1, -0.05) is 12.1 Å². The highest BCUT2D eigenvalue weighted by Gasteiger charge is 2.33. The van der Waals surface area contributed by atoms with E-state index in [9.17, 15) is 9.59 Å². The molecule has 0 N–H and O–H groups in total. The minimum atomic E-state index is -0.248. The molecule has 1 aromatic rings. The molecule has 2 saturated heterocycles. The number of rotatable bonds is 4. The van der Waals surface area contributed by atoms with Crippen LogP contribution >= 0.6 is 0 Å². The van der Waals surface area contributed by atoms with Crippen LogP contribution in [0.2, 0.25) is 0 Å². The number of nitrogens with zero attached hydrogens (tertiary/aromatic N) is 3. The molecular weight excluding hydrogens is 318 g/mol. The largest absolute Gasteiger partial charge is 0.495 e. The highest BCUT2D eigenvalue weighted by atomic mass is 16.5. The zero-order valence-corrected chi connectivity index (χ0v) is 15.1. The number of benzene rings is 1. The first-order valence-electron chi connectivity index (χ1n) is 9.08. The molecular formula is C19H27N3O3. The van der Waals surface area contributed by atoms with Crippen LogP contribution < -0.4 is 9.64 Å². The van der Waals surface area contributed by atoms with Crippen LogP contribution in [0.15, 0.2) is 24.3 Å². The lowest BCUT2D eigenvalue weighted by Crippen LogP contribution is -2.57. The summed E-state index contributed by atoms with van der Waals surface area (Å²) < 4.78 is 5.37. The van der Waals surface area contributed by atoms with Crippen molar-refractivity contribution in [1.82, 2.24) is 9.80 Å². The first-order valence-corrected chi connectivity index (χ1v) is 9.08. The summed E-state index contributed by atoms with van der Waals surface area (Å²) in [4.78, 5) is 31.1. The molecule has 2 aliphatic heterocycles. The Labute approximate surface area is 149 Å².